The zero-order valence-electron chi connectivity index (χ0n) is 26.0. The van der Waals surface area contributed by atoms with Crippen LogP contribution in [0.3, 0.4) is 0 Å². The minimum atomic E-state index is -0.555. The maximum absolute atomic E-state index is 13.3. The zero-order valence-corrected chi connectivity index (χ0v) is 26.0. The molecule has 2 amide bonds. The van der Waals surface area contributed by atoms with Crippen molar-refractivity contribution in [2.45, 2.75) is 39.3 Å². The number of likely N-dealkylation sites (N-methyl/N-ethyl adjacent to an activating group) is 1. The summed E-state index contributed by atoms with van der Waals surface area (Å²) in [5.41, 5.74) is 9.27. The number of nitrogens with two attached hydrogens (primary N) is 1. The Morgan fingerprint density at radius 2 is 1.75 bits per heavy atom. The van der Waals surface area contributed by atoms with Crippen molar-refractivity contribution in [2.75, 3.05) is 44.4 Å². The van der Waals surface area contributed by atoms with Gasteiger partial charge in [-0.1, -0.05) is 32.0 Å². The molecule has 0 fully saturated rings. The number of primary amides is 1. The molecule has 2 atom stereocenters. The van der Waals surface area contributed by atoms with Crippen LogP contribution in [0.15, 0.2) is 67.1 Å². The Morgan fingerprint density at radius 3 is 2.45 bits per heavy atom. The van der Waals surface area contributed by atoms with Gasteiger partial charge >= 0.3 is 0 Å². The molecule has 4 aromatic rings. The van der Waals surface area contributed by atoms with Gasteiger partial charge < -0.3 is 31.6 Å². The summed E-state index contributed by atoms with van der Waals surface area (Å²) in [5.74, 6) is -0.268. The average molecular weight is 596 g/mol. The monoisotopic (exact) mass is 595 g/mol. The Morgan fingerprint density at radius 1 is 1.00 bits per heavy atom. The summed E-state index contributed by atoms with van der Waals surface area (Å²) < 4.78 is 0. The van der Waals surface area contributed by atoms with E-state index in [1.165, 1.54) is 6.33 Å². The standard InChI is InChI=1S/C33H41N9O2/c1-6-42(7-2)21(3)16-27(34)28-18-23(14-15-36-28)33(44)39-24-11-8-10-22(17-24)29(19-41(4)5)40-32-26-13-9-12-25(31(35)43)30(26)37-20-38-32/h8-15,17-18,20-21,29,34H,6-7,16,19H2,1-5H3,(H2,35,43)(H,39,44)(H,37,38,40). The van der Waals surface area contributed by atoms with Crippen LogP contribution in [-0.2, 0) is 0 Å². The number of hydrogen-bond acceptors (Lipinski definition) is 9. The third-order valence-corrected chi connectivity index (χ3v) is 7.60. The van der Waals surface area contributed by atoms with Crippen molar-refractivity contribution >= 4 is 39.9 Å². The molecule has 0 radical (unpaired) electrons. The van der Waals surface area contributed by atoms with Gasteiger partial charge in [0, 0.05) is 41.8 Å². The fourth-order valence-corrected chi connectivity index (χ4v) is 5.32. The molecule has 0 bridgehead atoms. The lowest BCUT2D eigenvalue weighted by Gasteiger charge is -2.26. The first-order valence-electron chi connectivity index (χ1n) is 14.7. The second kappa shape index (κ2) is 14.6. The van der Waals surface area contributed by atoms with Crippen LogP contribution in [0.5, 0.6) is 0 Å². The lowest BCUT2D eigenvalue weighted by Crippen LogP contribution is -2.34. The highest BCUT2D eigenvalue weighted by Crippen LogP contribution is 2.28. The van der Waals surface area contributed by atoms with Crippen molar-refractivity contribution in [1.82, 2.24) is 24.8 Å². The van der Waals surface area contributed by atoms with Crippen molar-refractivity contribution in [1.29, 1.82) is 5.41 Å². The number of hydrogen-bond donors (Lipinski definition) is 4. The number of nitrogens with zero attached hydrogens (tertiary/aromatic N) is 5. The van der Waals surface area contributed by atoms with E-state index < -0.39 is 5.91 Å². The van der Waals surface area contributed by atoms with E-state index in [1.807, 2.05) is 44.4 Å². The lowest BCUT2D eigenvalue weighted by molar-refractivity contribution is 0.0998. The quantitative estimate of drug-likeness (QED) is 0.155. The number of carbonyl (C=O) groups excluding carboxylic acids is 2. The normalized spacial score (nSPS) is 12.7. The van der Waals surface area contributed by atoms with Gasteiger partial charge in [0.2, 0.25) is 0 Å². The van der Waals surface area contributed by atoms with E-state index in [-0.39, 0.29) is 18.0 Å². The summed E-state index contributed by atoms with van der Waals surface area (Å²) in [5, 5.41) is 15.8. The Hall–Kier alpha value is -4.74. The smallest absolute Gasteiger partial charge is 0.255 e. The molecule has 2 heterocycles. The van der Waals surface area contributed by atoms with Crippen molar-refractivity contribution < 1.29 is 9.59 Å². The summed E-state index contributed by atoms with van der Waals surface area (Å²) in [6.45, 7) is 8.78. The van der Waals surface area contributed by atoms with E-state index in [4.69, 9.17) is 11.1 Å². The highest BCUT2D eigenvalue weighted by atomic mass is 16.2. The van der Waals surface area contributed by atoms with Gasteiger partial charge in [-0.15, -0.1) is 0 Å². The molecular weight excluding hydrogens is 554 g/mol. The number of rotatable bonds is 14. The summed E-state index contributed by atoms with van der Waals surface area (Å²) in [6.07, 6.45) is 3.53. The van der Waals surface area contributed by atoms with Crippen LogP contribution >= 0.6 is 0 Å². The van der Waals surface area contributed by atoms with E-state index in [0.717, 1.165) is 18.7 Å². The number of pyridine rings is 1. The predicted octanol–water partition coefficient (Wildman–Crippen LogP) is 4.58. The van der Waals surface area contributed by atoms with Crippen LogP contribution in [0.25, 0.3) is 10.9 Å². The van der Waals surface area contributed by atoms with Gasteiger partial charge in [0.15, 0.2) is 0 Å². The zero-order chi connectivity index (χ0) is 31.8. The topological polar surface area (TPSA) is 153 Å². The molecule has 11 nitrogen and oxygen atoms in total. The van der Waals surface area contributed by atoms with Crippen LogP contribution in [0.1, 0.15) is 65.2 Å². The number of anilines is 2. The van der Waals surface area contributed by atoms with Crippen molar-refractivity contribution in [3.8, 4) is 0 Å². The van der Waals surface area contributed by atoms with E-state index in [9.17, 15) is 9.59 Å². The van der Waals surface area contributed by atoms with E-state index in [2.05, 4.69) is 56.2 Å². The van der Waals surface area contributed by atoms with Gasteiger partial charge in [0.25, 0.3) is 11.8 Å². The highest BCUT2D eigenvalue weighted by molar-refractivity contribution is 6.07. The molecule has 0 saturated carbocycles. The molecule has 2 aromatic carbocycles. The number of carbonyl (C=O) groups is 2. The highest BCUT2D eigenvalue weighted by Gasteiger charge is 2.19. The average Bonchev–Trinajstić information content (AvgIpc) is 3.01. The number of fused-ring (bicyclic) bond motifs is 1. The number of amides is 2. The van der Waals surface area contributed by atoms with Gasteiger partial charge in [0.1, 0.15) is 12.1 Å². The fraction of sp³-hybridized carbons (Fsp3) is 0.333. The first kappa shape index (κ1) is 32.2. The number of benzene rings is 2. The molecule has 0 saturated heterocycles. The van der Waals surface area contributed by atoms with Crippen LogP contribution in [-0.4, -0.2) is 82.0 Å². The minimum absolute atomic E-state index is 0.203. The third-order valence-electron chi connectivity index (χ3n) is 7.60. The van der Waals surface area contributed by atoms with E-state index >= 15 is 0 Å². The van der Waals surface area contributed by atoms with Gasteiger partial charge in [-0.05, 0) is 76.1 Å². The van der Waals surface area contributed by atoms with Gasteiger partial charge in [0.05, 0.1) is 28.5 Å². The number of para-hydroxylation sites is 1. The second-order valence-corrected chi connectivity index (χ2v) is 11.0. The van der Waals surface area contributed by atoms with Crippen LogP contribution in [0.2, 0.25) is 0 Å². The minimum Gasteiger partial charge on any atom is -0.366 e. The summed E-state index contributed by atoms with van der Waals surface area (Å²) >= 11 is 0. The largest absolute Gasteiger partial charge is 0.366 e. The molecule has 0 aliphatic heterocycles. The molecule has 0 aliphatic rings. The van der Waals surface area contributed by atoms with Crippen molar-refractivity contribution in [2.24, 2.45) is 5.73 Å². The summed E-state index contributed by atoms with van der Waals surface area (Å²) in [4.78, 5) is 42.7. The maximum Gasteiger partial charge on any atom is 0.255 e. The van der Waals surface area contributed by atoms with Gasteiger partial charge in [-0.2, -0.15) is 0 Å². The van der Waals surface area contributed by atoms with Crippen molar-refractivity contribution in [3.05, 3.63) is 89.5 Å². The maximum atomic E-state index is 13.3. The molecule has 4 rings (SSSR count). The van der Waals surface area contributed by atoms with E-state index in [1.54, 1.807) is 30.5 Å². The molecule has 5 N–H and O–H groups in total. The summed E-state index contributed by atoms with van der Waals surface area (Å²) in [6, 6.07) is 16.2. The number of nitrogens with one attached hydrogen (secondary N) is 3. The molecule has 230 valence electrons. The van der Waals surface area contributed by atoms with Crippen LogP contribution < -0.4 is 16.4 Å². The molecule has 44 heavy (non-hydrogen) atoms. The summed E-state index contributed by atoms with van der Waals surface area (Å²) in [7, 11) is 3.95. The lowest BCUT2D eigenvalue weighted by atomic mass is 10.0. The fourth-order valence-electron chi connectivity index (χ4n) is 5.32. The molecule has 11 heteroatoms. The van der Waals surface area contributed by atoms with Crippen molar-refractivity contribution in [3.63, 3.8) is 0 Å². The molecule has 2 aromatic heterocycles. The Kier molecular flexibility index (Phi) is 10.7. The Bertz CT molecular complexity index is 1630. The van der Waals surface area contributed by atoms with Gasteiger partial charge in [-0.25, -0.2) is 9.97 Å². The SMILES string of the molecule is CCN(CC)C(C)CC(=N)c1cc(C(=O)Nc2cccc(C(CN(C)C)Nc3ncnc4c(C(N)=O)cccc34)c2)ccn1. The number of aromatic nitrogens is 3. The van der Waals surface area contributed by atoms with E-state index in [0.29, 0.717) is 57.9 Å². The Labute approximate surface area is 258 Å². The third kappa shape index (κ3) is 7.80. The predicted molar refractivity (Wildman–Crippen MR) is 175 cm³/mol. The first-order valence-corrected chi connectivity index (χ1v) is 14.7. The Balaban J connectivity index is 1.54. The second-order valence-electron chi connectivity index (χ2n) is 11.0. The van der Waals surface area contributed by atoms with Crippen LogP contribution in [0, 0.1) is 5.41 Å². The molecular formula is C33H41N9O2. The van der Waals surface area contributed by atoms with Crippen LogP contribution in [0.4, 0.5) is 11.5 Å². The molecule has 0 spiro atoms. The van der Waals surface area contributed by atoms with Gasteiger partial charge in [-0.3, -0.25) is 14.6 Å². The molecule has 2 unspecified atom stereocenters. The molecule has 0 aliphatic carbocycles. The first-order chi connectivity index (χ1) is 21.1.